The van der Waals surface area contributed by atoms with E-state index in [1.165, 1.54) is 0 Å². The van der Waals surface area contributed by atoms with Gasteiger partial charge in [-0.1, -0.05) is 0 Å². The van der Waals surface area contributed by atoms with E-state index >= 15 is 0 Å². The van der Waals surface area contributed by atoms with Gasteiger partial charge in [-0.15, -0.1) is 0 Å². The minimum atomic E-state index is 0.228. The highest BCUT2D eigenvalue weighted by Gasteiger charge is 2.22. The summed E-state index contributed by atoms with van der Waals surface area (Å²) in [6.45, 7) is 0. The molecule has 2 aromatic rings. The van der Waals surface area contributed by atoms with Crippen molar-refractivity contribution in [3.63, 3.8) is 0 Å². The topological polar surface area (TPSA) is 50.4 Å². The maximum Gasteiger partial charge on any atom is 0.140 e. The highest BCUT2D eigenvalue weighted by atomic mass is 16.3. The smallest absolute Gasteiger partial charge is 0.140 e. The van der Waals surface area contributed by atoms with Crippen molar-refractivity contribution >= 4 is 16.8 Å². The van der Waals surface area contributed by atoms with Gasteiger partial charge in [-0.05, 0) is 24.6 Å². The lowest BCUT2D eigenvalue weighted by Gasteiger charge is -2.07. The van der Waals surface area contributed by atoms with Crippen molar-refractivity contribution in [2.45, 2.75) is 19.3 Å². The SMILES string of the molecule is O=C1CCc2c(oc3ccc(O)cc23)C1. The van der Waals surface area contributed by atoms with E-state index in [2.05, 4.69) is 0 Å². The largest absolute Gasteiger partial charge is 0.508 e. The Morgan fingerprint density at radius 3 is 3.00 bits per heavy atom. The number of benzene rings is 1. The number of hydrogen-bond donors (Lipinski definition) is 1. The fourth-order valence-corrected chi connectivity index (χ4v) is 2.14. The lowest BCUT2D eigenvalue weighted by Crippen LogP contribution is -2.11. The van der Waals surface area contributed by atoms with Gasteiger partial charge in [-0.25, -0.2) is 0 Å². The predicted octanol–water partition coefficient (Wildman–Crippen LogP) is 2.20. The minimum Gasteiger partial charge on any atom is -0.508 e. The summed E-state index contributed by atoms with van der Waals surface area (Å²) in [5.41, 5.74) is 1.84. The Labute approximate surface area is 86.3 Å². The number of fused-ring (bicyclic) bond motifs is 3. The Hall–Kier alpha value is -1.77. The average Bonchev–Trinajstić information content (AvgIpc) is 2.54. The first kappa shape index (κ1) is 8.53. The monoisotopic (exact) mass is 202 g/mol. The van der Waals surface area contributed by atoms with Gasteiger partial charge >= 0.3 is 0 Å². The third kappa shape index (κ3) is 1.23. The minimum absolute atomic E-state index is 0.228. The van der Waals surface area contributed by atoms with Crippen LogP contribution in [0.4, 0.5) is 0 Å². The standard InChI is InChI=1S/C12H10O3/c13-7-2-4-11-10(5-7)9-3-1-8(14)6-12(9)15-11/h2,4-5,13H,1,3,6H2. The fraction of sp³-hybridized carbons (Fsp3) is 0.250. The molecule has 0 aliphatic heterocycles. The molecular formula is C12H10O3. The first-order valence-electron chi connectivity index (χ1n) is 4.99. The number of Topliss-reactive ketones (excluding diaryl/α,β-unsaturated/α-hetero) is 1. The predicted molar refractivity (Wildman–Crippen MR) is 54.9 cm³/mol. The van der Waals surface area contributed by atoms with Crippen LogP contribution in [0.2, 0.25) is 0 Å². The van der Waals surface area contributed by atoms with Gasteiger partial charge in [0.2, 0.25) is 0 Å². The molecule has 1 aliphatic carbocycles. The molecule has 0 radical (unpaired) electrons. The number of furan rings is 1. The van der Waals surface area contributed by atoms with Crippen LogP contribution in [0.5, 0.6) is 5.75 Å². The van der Waals surface area contributed by atoms with E-state index in [9.17, 15) is 9.90 Å². The zero-order valence-electron chi connectivity index (χ0n) is 8.12. The van der Waals surface area contributed by atoms with E-state index in [1.54, 1.807) is 18.2 Å². The molecule has 0 saturated carbocycles. The maximum atomic E-state index is 11.3. The summed E-state index contributed by atoms with van der Waals surface area (Å²) in [7, 11) is 0. The van der Waals surface area contributed by atoms with Crippen LogP contribution in [0.3, 0.4) is 0 Å². The second-order valence-corrected chi connectivity index (χ2v) is 3.90. The molecule has 1 aromatic carbocycles. The van der Waals surface area contributed by atoms with Gasteiger partial charge < -0.3 is 9.52 Å². The number of phenols is 1. The third-order valence-electron chi connectivity index (χ3n) is 2.87. The van der Waals surface area contributed by atoms with E-state index in [-0.39, 0.29) is 11.5 Å². The average molecular weight is 202 g/mol. The molecule has 3 rings (SSSR count). The summed E-state index contributed by atoms with van der Waals surface area (Å²) in [5, 5.41) is 10.3. The Morgan fingerprint density at radius 2 is 2.13 bits per heavy atom. The van der Waals surface area contributed by atoms with Crippen molar-refractivity contribution in [2.24, 2.45) is 0 Å². The second-order valence-electron chi connectivity index (χ2n) is 3.90. The van der Waals surface area contributed by atoms with Crippen LogP contribution in [0.25, 0.3) is 11.0 Å². The molecule has 76 valence electrons. The molecule has 3 heteroatoms. The van der Waals surface area contributed by atoms with E-state index in [4.69, 9.17) is 4.42 Å². The van der Waals surface area contributed by atoms with Crippen LogP contribution in [-0.4, -0.2) is 10.9 Å². The number of aromatic hydroxyl groups is 1. The van der Waals surface area contributed by atoms with Gasteiger partial charge in [0.1, 0.15) is 22.9 Å². The number of aryl methyl sites for hydroxylation is 1. The Morgan fingerprint density at radius 1 is 1.27 bits per heavy atom. The number of ketones is 1. The molecule has 0 saturated heterocycles. The molecule has 15 heavy (non-hydrogen) atoms. The van der Waals surface area contributed by atoms with Gasteiger partial charge in [-0.2, -0.15) is 0 Å². The summed E-state index contributed by atoms with van der Waals surface area (Å²) in [6.07, 6.45) is 1.70. The second kappa shape index (κ2) is 2.86. The Bertz CT molecular complexity index is 551. The lowest BCUT2D eigenvalue weighted by atomic mass is 9.95. The van der Waals surface area contributed by atoms with Gasteiger partial charge in [0.05, 0.1) is 6.42 Å². The van der Waals surface area contributed by atoms with Gasteiger partial charge in [0, 0.05) is 17.4 Å². The molecular weight excluding hydrogens is 192 g/mol. The Balaban J connectivity index is 2.28. The molecule has 0 bridgehead atoms. The summed E-state index contributed by atoms with van der Waals surface area (Å²) >= 11 is 0. The van der Waals surface area contributed by atoms with Crippen molar-refractivity contribution in [3.05, 3.63) is 29.5 Å². The molecule has 0 atom stereocenters. The van der Waals surface area contributed by atoms with Gasteiger partial charge in [0.15, 0.2) is 0 Å². The van der Waals surface area contributed by atoms with Crippen molar-refractivity contribution in [3.8, 4) is 5.75 Å². The van der Waals surface area contributed by atoms with Crippen molar-refractivity contribution in [2.75, 3.05) is 0 Å². The van der Waals surface area contributed by atoms with Crippen LogP contribution >= 0.6 is 0 Å². The summed E-state index contributed by atoms with van der Waals surface area (Å²) in [6, 6.07) is 5.04. The number of hydrogen-bond acceptors (Lipinski definition) is 3. The van der Waals surface area contributed by atoms with Crippen LogP contribution in [0, 0.1) is 0 Å². The first-order chi connectivity index (χ1) is 7.24. The number of carbonyl (C=O) groups is 1. The molecule has 0 unspecified atom stereocenters. The molecule has 1 aliphatic rings. The first-order valence-corrected chi connectivity index (χ1v) is 4.99. The highest BCUT2D eigenvalue weighted by Crippen LogP contribution is 2.32. The van der Waals surface area contributed by atoms with Crippen LogP contribution in [0.15, 0.2) is 22.6 Å². The number of carbonyl (C=O) groups excluding carboxylic acids is 1. The van der Waals surface area contributed by atoms with Crippen molar-refractivity contribution in [1.29, 1.82) is 0 Å². The molecule has 1 N–H and O–H groups in total. The summed E-state index contributed by atoms with van der Waals surface area (Å²) in [5.74, 6) is 1.24. The van der Waals surface area contributed by atoms with E-state index in [0.717, 1.165) is 28.7 Å². The van der Waals surface area contributed by atoms with Crippen LogP contribution in [-0.2, 0) is 17.6 Å². The van der Waals surface area contributed by atoms with Crippen LogP contribution in [0.1, 0.15) is 17.7 Å². The molecule has 1 aromatic heterocycles. The van der Waals surface area contributed by atoms with Crippen molar-refractivity contribution < 1.29 is 14.3 Å². The molecule has 1 heterocycles. The van der Waals surface area contributed by atoms with Gasteiger partial charge in [0.25, 0.3) is 0 Å². The zero-order valence-corrected chi connectivity index (χ0v) is 8.12. The Kier molecular flexibility index (Phi) is 1.63. The molecule has 0 spiro atoms. The quantitative estimate of drug-likeness (QED) is 0.712. The summed E-state index contributed by atoms with van der Waals surface area (Å²) in [4.78, 5) is 11.3. The normalized spacial score (nSPS) is 15.6. The molecule has 0 fully saturated rings. The van der Waals surface area contributed by atoms with Crippen molar-refractivity contribution in [1.82, 2.24) is 0 Å². The van der Waals surface area contributed by atoms with E-state index < -0.39 is 0 Å². The number of rotatable bonds is 0. The zero-order chi connectivity index (χ0) is 10.4. The molecule has 0 amide bonds. The fourth-order valence-electron chi connectivity index (χ4n) is 2.14. The van der Waals surface area contributed by atoms with Gasteiger partial charge in [-0.3, -0.25) is 4.79 Å². The molecule has 3 nitrogen and oxygen atoms in total. The third-order valence-corrected chi connectivity index (χ3v) is 2.87. The van der Waals surface area contributed by atoms with Crippen LogP contribution < -0.4 is 0 Å². The maximum absolute atomic E-state index is 11.3. The highest BCUT2D eigenvalue weighted by molar-refractivity contribution is 5.90. The summed E-state index contributed by atoms with van der Waals surface area (Å²) < 4.78 is 5.58. The number of phenolic OH excluding ortho intramolecular Hbond substituents is 1. The van der Waals surface area contributed by atoms with E-state index in [1.807, 2.05) is 0 Å². The lowest BCUT2D eigenvalue weighted by molar-refractivity contribution is -0.119. The van der Waals surface area contributed by atoms with E-state index in [0.29, 0.717) is 12.8 Å².